The lowest BCUT2D eigenvalue weighted by atomic mass is 10.7. The van der Waals surface area contributed by atoms with E-state index in [1.165, 1.54) is 17.1 Å². The molecule has 0 saturated carbocycles. The first-order chi connectivity index (χ1) is 6.04. The van der Waals surface area contributed by atoms with Gasteiger partial charge in [-0.05, 0) is 0 Å². The number of nitrogens with zero attached hydrogens (tertiary/aromatic N) is 2. The molecule has 0 saturated heterocycles. The summed E-state index contributed by atoms with van der Waals surface area (Å²) in [5.41, 5.74) is 0. The molecular formula is C6H9ClN2O3S. The third-order valence-corrected chi connectivity index (χ3v) is 2.72. The van der Waals surface area contributed by atoms with E-state index in [0.29, 0.717) is 13.2 Å². The molecule has 0 bridgehead atoms. The molecule has 0 N–H and O–H groups in total. The largest absolute Gasteiger partial charge is 0.383 e. The Morgan fingerprint density at radius 2 is 2.38 bits per heavy atom. The molecule has 0 unspecified atom stereocenters. The van der Waals surface area contributed by atoms with E-state index < -0.39 is 9.05 Å². The summed E-state index contributed by atoms with van der Waals surface area (Å²) < 4.78 is 27.9. The summed E-state index contributed by atoms with van der Waals surface area (Å²) >= 11 is 0. The fraction of sp³-hybridized carbons (Fsp3) is 0.500. The molecule has 0 aliphatic heterocycles. The van der Waals surface area contributed by atoms with Crippen LogP contribution < -0.4 is 0 Å². The van der Waals surface area contributed by atoms with Crippen molar-refractivity contribution in [3.05, 3.63) is 12.4 Å². The highest BCUT2D eigenvalue weighted by atomic mass is 35.7. The number of aromatic nitrogens is 2. The molecule has 0 aliphatic rings. The molecule has 1 aromatic heterocycles. The summed E-state index contributed by atoms with van der Waals surface area (Å²) in [6, 6.07) is 0. The Bertz CT molecular complexity index is 373. The topological polar surface area (TPSA) is 61.2 Å². The van der Waals surface area contributed by atoms with Gasteiger partial charge in [0, 0.05) is 24.0 Å². The van der Waals surface area contributed by atoms with Gasteiger partial charge in [-0.1, -0.05) is 0 Å². The molecule has 5 nitrogen and oxygen atoms in total. The second kappa shape index (κ2) is 4.08. The molecule has 0 amide bonds. The molecule has 1 heterocycles. The van der Waals surface area contributed by atoms with Crippen LogP contribution in [0.5, 0.6) is 0 Å². The van der Waals surface area contributed by atoms with Crippen LogP contribution in [-0.2, 0) is 20.3 Å². The molecule has 0 radical (unpaired) electrons. The molecule has 1 aromatic rings. The SMILES string of the molecule is COCCn1cc(S(=O)(=O)Cl)cn1. The van der Waals surface area contributed by atoms with Gasteiger partial charge in [-0.2, -0.15) is 5.10 Å². The van der Waals surface area contributed by atoms with Crippen LogP contribution in [0.4, 0.5) is 0 Å². The maximum Gasteiger partial charge on any atom is 0.264 e. The van der Waals surface area contributed by atoms with Gasteiger partial charge in [-0.15, -0.1) is 0 Å². The highest BCUT2D eigenvalue weighted by molar-refractivity contribution is 8.13. The van der Waals surface area contributed by atoms with Gasteiger partial charge in [0.05, 0.1) is 19.3 Å². The van der Waals surface area contributed by atoms with Crippen LogP contribution in [0.15, 0.2) is 17.3 Å². The van der Waals surface area contributed by atoms with E-state index >= 15 is 0 Å². The van der Waals surface area contributed by atoms with Crippen molar-refractivity contribution in [2.24, 2.45) is 0 Å². The Labute approximate surface area is 80.7 Å². The quantitative estimate of drug-likeness (QED) is 0.697. The lowest BCUT2D eigenvalue weighted by Crippen LogP contribution is -2.04. The molecule has 0 fully saturated rings. The van der Waals surface area contributed by atoms with E-state index in [1.807, 2.05) is 0 Å². The van der Waals surface area contributed by atoms with Gasteiger partial charge >= 0.3 is 0 Å². The maximum absolute atomic E-state index is 10.8. The Morgan fingerprint density at radius 1 is 1.69 bits per heavy atom. The lowest BCUT2D eigenvalue weighted by Gasteiger charge is -1.97. The summed E-state index contributed by atoms with van der Waals surface area (Å²) in [7, 11) is 2.99. The minimum Gasteiger partial charge on any atom is -0.383 e. The first-order valence-electron chi connectivity index (χ1n) is 3.50. The minimum absolute atomic E-state index is 0.00488. The summed E-state index contributed by atoms with van der Waals surface area (Å²) in [5, 5.41) is 3.79. The third-order valence-electron chi connectivity index (χ3n) is 1.42. The van der Waals surface area contributed by atoms with Gasteiger partial charge in [-0.25, -0.2) is 8.42 Å². The van der Waals surface area contributed by atoms with Crippen LogP contribution in [0.1, 0.15) is 0 Å². The zero-order chi connectivity index (χ0) is 9.90. The molecule has 7 heteroatoms. The van der Waals surface area contributed by atoms with Crippen LogP contribution in [0, 0.1) is 0 Å². The van der Waals surface area contributed by atoms with E-state index in [9.17, 15) is 8.42 Å². The monoisotopic (exact) mass is 224 g/mol. The molecule has 74 valence electrons. The van der Waals surface area contributed by atoms with E-state index in [1.54, 1.807) is 7.11 Å². The standard InChI is InChI=1S/C6H9ClN2O3S/c1-12-3-2-9-5-6(4-8-9)13(7,10)11/h4-5H,2-3H2,1H3. The predicted molar refractivity (Wildman–Crippen MR) is 47.1 cm³/mol. The van der Waals surface area contributed by atoms with E-state index in [-0.39, 0.29) is 4.90 Å². The Kier molecular flexibility index (Phi) is 3.29. The molecular weight excluding hydrogens is 216 g/mol. The molecule has 1 rings (SSSR count). The second-order valence-electron chi connectivity index (χ2n) is 2.37. The normalized spacial score (nSPS) is 11.8. The van der Waals surface area contributed by atoms with Crippen LogP contribution in [0.3, 0.4) is 0 Å². The Balaban J connectivity index is 2.76. The predicted octanol–water partition coefficient (Wildman–Crippen LogP) is 0.457. The summed E-state index contributed by atoms with van der Waals surface area (Å²) in [4.78, 5) is 0.00488. The zero-order valence-corrected chi connectivity index (χ0v) is 8.55. The summed E-state index contributed by atoms with van der Waals surface area (Å²) in [6.45, 7) is 0.979. The molecule has 13 heavy (non-hydrogen) atoms. The number of rotatable bonds is 4. The van der Waals surface area contributed by atoms with Crippen molar-refractivity contribution in [2.45, 2.75) is 11.4 Å². The highest BCUT2D eigenvalue weighted by Gasteiger charge is 2.11. The van der Waals surface area contributed by atoms with Crippen LogP contribution >= 0.6 is 10.7 Å². The van der Waals surface area contributed by atoms with Crippen molar-refractivity contribution in [3.63, 3.8) is 0 Å². The van der Waals surface area contributed by atoms with Crippen molar-refractivity contribution < 1.29 is 13.2 Å². The minimum atomic E-state index is -3.66. The maximum atomic E-state index is 10.8. The summed E-state index contributed by atoms with van der Waals surface area (Å²) in [5.74, 6) is 0. The second-order valence-corrected chi connectivity index (χ2v) is 4.94. The third kappa shape index (κ3) is 2.98. The van der Waals surface area contributed by atoms with Crippen LogP contribution in [-0.4, -0.2) is 31.9 Å². The van der Waals surface area contributed by atoms with Crippen LogP contribution in [0.25, 0.3) is 0 Å². The number of hydrogen-bond acceptors (Lipinski definition) is 4. The molecule has 0 aliphatic carbocycles. The van der Waals surface area contributed by atoms with E-state index in [0.717, 1.165) is 0 Å². The molecule has 0 aromatic carbocycles. The van der Waals surface area contributed by atoms with Gasteiger partial charge in [0.2, 0.25) is 0 Å². The van der Waals surface area contributed by atoms with Crippen molar-refractivity contribution in [3.8, 4) is 0 Å². The fourth-order valence-corrected chi connectivity index (χ4v) is 1.44. The highest BCUT2D eigenvalue weighted by Crippen LogP contribution is 2.12. The molecule has 0 atom stereocenters. The lowest BCUT2D eigenvalue weighted by molar-refractivity contribution is 0.183. The van der Waals surface area contributed by atoms with Gasteiger partial charge in [0.25, 0.3) is 9.05 Å². The van der Waals surface area contributed by atoms with Crippen LogP contribution in [0.2, 0.25) is 0 Å². The average Bonchev–Trinajstić information content (AvgIpc) is 2.47. The number of hydrogen-bond donors (Lipinski definition) is 0. The van der Waals surface area contributed by atoms with Gasteiger partial charge in [0.15, 0.2) is 0 Å². The fourth-order valence-electron chi connectivity index (χ4n) is 0.778. The smallest absolute Gasteiger partial charge is 0.264 e. The first kappa shape index (κ1) is 10.5. The van der Waals surface area contributed by atoms with Gasteiger partial charge in [0.1, 0.15) is 4.90 Å². The zero-order valence-electron chi connectivity index (χ0n) is 6.97. The number of ether oxygens (including phenoxy) is 1. The Morgan fingerprint density at radius 3 is 2.85 bits per heavy atom. The van der Waals surface area contributed by atoms with E-state index in [2.05, 4.69) is 5.10 Å². The van der Waals surface area contributed by atoms with Crippen molar-refractivity contribution in [2.75, 3.05) is 13.7 Å². The first-order valence-corrected chi connectivity index (χ1v) is 5.81. The summed E-state index contributed by atoms with van der Waals surface area (Å²) in [6.07, 6.45) is 2.57. The molecule has 0 spiro atoms. The van der Waals surface area contributed by atoms with Gasteiger partial charge < -0.3 is 4.74 Å². The van der Waals surface area contributed by atoms with Gasteiger partial charge in [-0.3, -0.25) is 4.68 Å². The van der Waals surface area contributed by atoms with E-state index in [4.69, 9.17) is 15.4 Å². The van der Waals surface area contributed by atoms with Crippen molar-refractivity contribution in [1.82, 2.24) is 9.78 Å². The van der Waals surface area contributed by atoms with Crippen molar-refractivity contribution >= 4 is 19.7 Å². The average molecular weight is 225 g/mol. The van der Waals surface area contributed by atoms with Crippen molar-refractivity contribution in [1.29, 1.82) is 0 Å². The Hall–Kier alpha value is -0.590. The number of halogens is 1. The number of methoxy groups -OCH3 is 1.